The largest absolute Gasteiger partial charge is 0.483 e. The first-order valence-electron chi connectivity index (χ1n) is 5.20. The molecule has 2 rings (SSSR count). The van der Waals surface area contributed by atoms with Gasteiger partial charge >= 0.3 is 0 Å². The van der Waals surface area contributed by atoms with Crippen molar-refractivity contribution < 1.29 is 19.0 Å². The van der Waals surface area contributed by atoms with E-state index in [1.165, 1.54) is 0 Å². The highest BCUT2D eigenvalue weighted by Crippen LogP contribution is 2.37. The van der Waals surface area contributed by atoms with Gasteiger partial charge in [0.2, 0.25) is 6.79 Å². The molecule has 0 bridgehead atoms. The predicted octanol–water partition coefficient (Wildman–Crippen LogP) is -0.00120. The Morgan fingerprint density at radius 3 is 2.82 bits per heavy atom. The summed E-state index contributed by atoms with van der Waals surface area (Å²) in [6, 6.07) is 3.45. The van der Waals surface area contributed by atoms with Crippen molar-refractivity contribution in [3.05, 3.63) is 17.7 Å². The van der Waals surface area contributed by atoms with E-state index in [4.69, 9.17) is 19.9 Å². The Morgan fingerprint density at radius 1 is 1.47 bits per heavy atom. The summed E-state index contributed by atoms with van der Waals surface area (Å²) in [5, 5.41) is 2.47. The van der Waals surface area contributed by atoms with Gasteiger partial charge in [-0.1, -0.05) is 0 Å². The Morgan fingerprint density at radius 2 is 2.18 bits per heavy atom. The van der Waals surface area contributed by atoms with E-state index in [0.717, 1.165) is 5.56 Å². The molecule has 0 saturated heterocycles. The van der Waals surface area contributed by atoms with Crippen LogP contribution in [0.15, 0.2) is 12.1 Å². The summed E-state index contributed by atoms with van der Waals surface area (Å²) in [4.78, 5) is 11.1. The summed E-state index contributed by atoms with van der Waals surface area (Å²) < 4.78 is 15.8. The molecule has 1 aromatic rings. The van der Waals surface area contributed by atoms with Crippen molar-refractivity contribution in [1.82, 2.24) is 5.32 Å². The average Bonchev–Trinajstić information content (AvgIpc) is 2.81. The molecule has 0 saturated carbocycles. The minimum atomic E-state index is -0.203. The fourth-order valence-corrected chi connectivity index (χ4v) is 1.47. The molecule has 1 heterocycles. The van der Waals surface area contributed by atoms with Crippen molar-refractivity contribution in [2.75, 3.05) is 20.4 Å². The Kier molecular flexibility index (Phi) is 3.34. The number of hydrogen-bond donors (Lipinski definition) is 2. The highest BCUT2D eigenvalue weighted by atomic mass is 16.7. The standard InChI is InChI=1S/C11H14N2O4/c1-13-11(14)5-15-8-3-10-9(16-6-17-10)2-7(8)4-12/h2-3H,4-6,12H2,1H3,(H,13,14). The highest BCUT2D eigenvalue weighted by molar-refractivity contribution is 5.77. The minimum Gasteiger partial charge on any atom is -0.483 e. The van der Waals surface area contributed by atoms with Gasteiger partial charge < -0.3 is 25.3 Å². The van der Waals surface area contributed by atoms with Crippen LogP contribution in [0.25, 0.3) is 0 Å². The van der Waals surface area contributed by atoms with E-state index >= 15 is 0 Å². The zero-order chi connectivity index (χ0) is 12.3. The monoisotopic (exact) mass is 238 g/mol. The maximum absolute atomic E-state index is 11.1. The molecule has 92 valence electrons. The van der Waals surface area contributed by atoms with Crippen molar-refractivity contribution in [3.63, 3.8) is 0 Å². The van der Waals surface area contributed by atoms with E-state index in [1.54, 1.807) is 19.2 Å². The smallest absolute Gasteiger partial charge is 0.257 e. The Bertz CT molecular complexity index is 434. The summed E-state index contributed by atoms with van der Waals surface area (Å²) in [5.41, 5.74) is 6.38. The lowest BCUT2D eigenvalue weighted by Crippen LogP contribution is -2.25. The van der Waals surface area contributed by atoms with Gasteiger partial charge in [0, 0.05) is 25.2 Å². The SMILES string of the molecule is CNC(=O)COc1cc2c(cc1CN)OCO2. The summed E-state index contributed by atoms with van der Waals surface area (Å²) in [7, 11) is 1.55. The number of amides is 1. The second-order valence-corrected chi connectivity index (χ2v) is 3.48. The topological polar surface area (TPSA) is 82.8 Å². The molecule has 0 spiro atoms. The molecule has 0 fully saturated rings. The molecule has 0 aromatic heterocycles. The van der Waals surface area contributed by atoms with Crippen LogP contribution in [-0.4, -0.2) is 26.4 Å². The van der Waals surface area contributed by atoms with Crippen LogP contribution in [0.2, 0.25) is 0 Å². The lowest BCUT2D eigenvalue weighted by atomic mass is 10.2. The lowest BCUT2D eigenvalue weighted by Gasteiger charge is -2.10. The van der Waals surface area contributed by atoms with E-state index in [-0.39, 0.29) is 19.3 Å². The third-order valence-electron chi connectivity index (χ3n) is 2.41. The van der Waals surface area contributed by atoms with E-state index in [0.29, 0.717) is 23.8 Å². The molecule has 6 nitrogen and oxygen atoms in total. The number of carbonyl (C=O) groups excluding carboxylic acids is 1. The first-order valence-corrected chi connectivity index (χ1v) is 5.20. The zero-order valence-corrected chi connectivity index (χ0v) is 9.49. The van der Waals surface area contributed by atoms with E-state index in [1.807, 2.05) is 0 Å². The number of nitrogens with one attached hydrogen (secondary N) is 1. The number of benzene rings is 1. The quantitative estimate of drug-likeness (QED) is 0.771. The van der Waals surface area contributed by atoms with Crippen molar-refractivity contribution in [3.8, 4) is 17.2 Å². The number of fused-ring (bicyclic) bond motifs is 1. The van der Waals surface area contributed by atoms with Crippen LogP contribution < -0.4 is 25.3 Å². The second-order valence-electron chi connectivity index (χ2n) is 3.48. The molecule has 1 aliphatic heterocycles. The van der Waals surface area contributed by atoms with Gasteiger partial charge in [0.15, 0.2) is 18.1 Å². The van der Waals surface area contributed by atoms with Crippen LogP contribution in [-0.2, 0) is 11.3 Å². The van der Waals surface area contributed by atoms with Crippen LogP contribution >= 0.6 is 0 Å². The van der Waals surface area contributed by atoms with Gasteiger partial charge in [-0.15, -0.1) is 0 Å². The summed E-state index contributed by atoms with van der Waals surface area (Å²) >= 11 is 0. The first kappa shape index (κ1) is 11.5. The van der Waals surface area contributed by atoms with Crippen molar-refractivity contribution in [1.29, 1.82) is 0 Å². The molecule has 6 heteroatoms. The normalized spacial score (nSPS) is 12.4. The molecule has 17 heavy (non-hydrogen) atoms. The second kappa shape index (κ2) is 4.92. The van der Waals surface area contributed by atoms with Gasteiger partial charge in [-0.3, -0.25) is 4.79 Å². The predicted molar refractivity (Wildman–Crippen MR) is 60.0 cm³/mol. The van der Waals surface area contributed by atoms with Gasteiger partial charge in [-0.2, -0.15) is 0 Å². The Balaban J connectivity index is 2.17. The fourth-order valence-electron chi connectivity index (χ4n) is 1.47. The van der Waals surface area contributed by atoms with Crippen LogP contribution in [0.3, 0.4) is 0 Å². The van der Waals surface area contributed by atoms with E-state index < -0.39 is 0 Å². The molecule has 1 amide bonds. The highest BCUT2D eigenvalue weighted by Gasteiger charge is 2.17. The molecule has 3 N–H and O–H groups in total. The van der Waals surface area contributed by atoms with E-state index in [9.17, 15) is 4.79 Å². The third-order valence-corrected chi connectivity index (χ3v) is 2.41. The van der Waals surface area contributed by atoms with Gasteiger partial charge in [0.05, 0.1) is 0 Å². The fraction of sp³-hybridized carbons (Fsp3) is 0.364. The molecule has 0 atom stereocenters. The van der Waals surface area contributed by atoms with Crippen LogP contribution in [0.5, 0.6) is 17.2 Å². The number of nitrogens with two attached hydrogens (primary N) is 1. The first-order chi connectivity index (χ1) is 8.24. The number of hydrogen-bond acceptors (Lipinski definition) is 5. The van der Waals surface area contributed by atoms with Crippen LogP contribution in [0.1, 0.15) is 5.56 Å². The number of rotatable bonds is 4. The van der Waals surface area contributed by atoms with Crippen molar-refractivity contribution >= 4 is 5.91 Å². The van der Waals surface area contributed by atoms with Crippen molar-refractivity contribution in [2.24, 2.45) is 5.73 Å². The van der Waals surface area contributed by atoms with Gasteiger partial charge in [-0.05, 0) is 6.07 Å². The van der Waals surface area contributed by atoms with Crippen molar-refractivity contribution in [2.45, 2.75) is 6.54 Å². The Hall–Kier alpha value is -1.95. The summed E-state index contributed by atoms with van der Waals surface area (Å²) in [5.74, 6) is 1.60. The lowest BCUT2D eigenvalue weighted by molar-refractivity contribution is -0.122. The molecule has 0 aliphatic carbocycles. The van der Waals surface area contributed by atoms with Gasteiger partial charge in [-0.25, -0.2) is 0 Å². The third kappa shape index (κ3) is 2.42. The molecular formula is C11H14N2O4. The summed E-state index contributed by atoms with van der Waals surface area (Å²) in [6.07, 6.45) is 0. The molecule has 0 radical (unpaired) electrons. The Labute approximate surface area is 98.6 Å². The average molecular weight is 238 g/mol. The minimum absolute atomic E-state index is 0.0524. The van der Waals surface area contributed by atoms with Gasteiger partial charge in [0.1, 0.15) is 5.75 Å². The van der Waals surface area contributed by atoms with E-state index in [2.05, 4.69) is 5.32 Å². The number of carbonyl (C=O) groups is 1. The molecule has 0 unspecified atom stereocenters. The maximum atomic E-state index is 11.1. The maximum Gasteiger partial charge on any atom is 0.257 e. The molecule has 1 aromatic carbocycles. The number of ether oxygens (including phenoxy) is 3. The molecular weight excluding hydrogens is 224 g/mol. The summed E-state index contributed by atoms with van der Waals surface area (Å²) in [6.45, 7) is 0.446. The van der Waals surface area contributed by atoms with Crippen LogP contribution in [0, 0.1) is 0 Å². The van der Waals surface area contributed by atoms with Gasteiger partial charge in [0.25, 0.3) is 5.91 Å². The van der Waals surface area contributed by atoms with Crippen LogP contribution in [0.4, 0.5) is 0 Å². The zero-order valence-electron chi connectivity index (χ0n) is 9.49. The number of likely N-dealkylation sites (N-methyl/N-ethyl adjacent to an activating group) is 1. The molecule has 1 aliphatic rings.